The van der Waals surface area contributed by atoms with Gasteiger partial charge in [0.05, 0.1) is 21.6 Å². The first kappa shape index (κ1) is 48.8. The number of ether oxygens (including phenoxy) is 1. The first-order valence-electron chi connectivity index (χ1n) is 19.0. The van der Waals surface area contributed by atoms with E-state index in [9.17, 15) is 28.8 Å². The SMILES string of the molecule is CC(=O)C(N=Nc1cc(C(=O)Nc2ccc(CCl)cc2)ccc1Cl)C(=O)Nc1ccc(NC(=O)C(N=Nc2cc(C(=O)Nc3ccc(CCl)cc3)ccc2Cl)C(C)=O)c(OCCCl)c1. The van der Waals surface area contributed by atoms with Crippen LogP contribution < -0.4 is 26.0 Å². The summed E-state index contributed by atoms with van der Waals surface area (Å²) in [6, 6.07) is 23.2. The minimum absolute atomic E-state index is 0.0188. The summed E-state index contributed by atoms with van der Waals surface area (Å²) in [5.41, 5.74) is 3.40. The summed E-state index contributed by atoms with van der Waals surface area (Å²) in [4.78, 5) is 78.1. The van der Waals surface area contributed by atoms with Crippen LogP contribution in [0.2, 0.25) is 10.0 Å². The molecule has 0 radical (unpaired) electrons. The number of hydrogen-bond donors (Lipinski definition) is 4. The van der Waals surface area contributed by atoms with E-state index in [-0.39, 0.29) is 62.2 Å². The van der Waals surface area contributed by atoms with Crippen LogP contribution in [0, 0.1) is 0 Å². The molecule has 0 aliphatic heterocycles. The fourth-order valence-corrected chi connectivity index (χ4v) is 6.23. The topological polar surface area (TPSA) is 209 Å². The molecule has 15 nitrogen and oxygen atoms in total. The maximum Gasteiger partial charge on any atom is 0.258 e. The molecule has 0 fully saturated rings. The number of rotatable bonds is 19. The van der Waals surface area contributed by atoms with E-state index >= 15 is 0 Å². The Balaban J connectivity index is 1.28. The summed E-state index contributed by atoms with van der Waals surface area (Å²) in [5.74, 6) is -3.33. The highest BCUT2D eigenvalue weighted by molar-refractivity contribution is 6.33. The average molecular weight is 967 g/mol. The largest absolute Gasteiger partial charge is 0.490 e. The van der Waals surface area contributed by atoms with E-state index in [0.717, 1.165) is 25.0 Å². The number of azo groups is 2. The predicted molar refractivity (Wildman–Crippen MR) is 249 cm³/mol. The van der Waals surface area contributed by atoms with Crippen LogP contribution in [-0.2, 0) is 30.9 Å². The Hall–Kier alpha value is -6.23. The maximum absolute atomic E-state index is 13.5. The first-order chi connectivity index (χ1) is 30.7. The molecule has 0 aromatic heterocycles. The van der Waals surface area contributed by atoms with Crippen LogP contribution in [0.3, 0.4) is 0 Å². The Morgan fingerprint density at radius 1 is 0.547 bits per heavy atom. The fourth-order valence-electron chi connectivity index (χ4n) is 5.48. The normalized spacial score (nSPS) is 12.0. The molecule has 0 aliphatic rings. The number of anilines is 4. The van der Waals surface area contributed by atoms with Crippen molar-refractivity contribution >= 4 is 127 Å². The Morgan fingerprint density at radius 2 is 0.984 bits per heavy atom. The third kappa shape index (κ3) is 13.6. The quantitative estimate of drug-likeness (QED) is 0.0357. The number of ketones is 2. The van der Waals surface area contributed by atoms with Crippen LogP contribution >= 0.6 is 58.0 Å². The molecule has 2 unspecified atom stereocenters. The first-order valence-corrected chi connectivity index (χ1v) is 21.3. The molecule has 330 valence electrons. The van der Waals surface area contributed by atoms with Crippen LogP contribution in [0.15, 0.2) is 124 Å². The van der Waals surface area contributed by atoms with Gasteiger partial charge in [0.2, 0.25) is 12.1 Å². The van der Waals surface area contributed by atoms with Gasteiger partial charge in [-0.1, -0.05) is 47.5 Å². The smallest absolute Gasteiger partial charge is 0.258 e. The van der Waals surface area contributed by atoms with Gasteiger partial charge in [-0.05, 0) is 97.8 Å². The van der Waals surface area contributed by atoms with E-state index in [1.807, 2.05) is 0 Å². The Morgan fingerprint density at radius 3 is 1.41 bits per heavy atom. The van der Waals surface area contributed by atoms with Crippen molar-refractivity contribution in [2.45, 2.75) is 37.7 Å². The summed E-state index contributed by atoms with van der Waals surface area (Å²) < 4.78 is 5.73. The van der Waals surface area contributed by atoms with Gasteiger partial charge in [0.15, 0.2) is 11.6 Å². The van der Waals surface area contributed by atoms with Gasteiger partial charge in [0.25, 0.3) is 23.6 Å². The highest BCUT2D eigenvalue weighted by Gasteiger charge is 2.27. The number of carbonyl (C=O) groups is 6. The molecule has 4 amide bonds. The number of benzene rings is 5. The molecule has 0 saturated carbocycles. The monoisotopic (exact) mass is 964 g/mol. The summed E-state index contributed by atoms with van der Waals surface area (Å²) in [6.07, 6.45) is 0. The molecule has 2 atom stereocenters. The lowest BCUT2D eigenvalue weighted by Crippen LogP contribution is -2.32. The molecule has 0 bridgehead atoms. The van der Waals surface area contributed by atoms with Gasteiger partial charge in [0, 0.05) is 46.0 Å². The third-order valence-electron chi connectivity index (χ3n) is 8.82. The molecule has 5 aromatic rings. The number of halogens is 5. The number of nitrogens with one attached hydrogen (secondary N) is 4. The summed E-state index contributed by atoms with van der Waals surface area (Å²) in [7, 11) is 0. The van der Waals surface area contributed by atoms with Crippen molar-refractivity contribution in [1.29, 1.82) is 0 Å². The molecule has 0 saturated heterocycles. The number of alkyl halides is 3. The molecule has 4 N–H and O–H groups in total. The minimum atomic E-state index is -1.66. The molecule has 5 rings (SSSR count). The third-order valence-corrected chi connectivity index (χ3v) is 10.2. The molecule has 20 heteroatoms. The maximum atomic E-state index is 13.5. The number of hydrogen-bond acceptors (Lipinski definition) is 11. The van der Waals surface area contributed by atoms with Gasteiger partial charge in [-0.3, -0.25) is 28.8 Å². The van der Waals surface area contributed by atoms with E-state index < -0.39 is 47.3 Å². The van der Waals surface area contributed by atoms with Crippen molar-refractivity contribution in [1.82, 2.24) is 0 Å². The van der Waals surface area contributed by atoms with Crippen LogP contribution in [0.4, 0.5) is 34.1 Å². The van der Waals surface area contributed by atoms with E-state index in [2.05, 4.69) is 41.7 Å². The predicted octanol–water partition coefficient (Wildman–Crippen LogP) is 11.0. The van der Waals surface area contributed by atoms with Crippen LogP contribution in [0.25, 0.3) is 0 Å². The lowest BCUT2D eigenvalue weighted by molar-refractivity contribution is -0.127. The van der Waals surface area contributed by atoms with Crippen molar-refractivity contribution in [2.24, 2.45) is 20.5 Å². The van der Waals surface area contributed by atoms with Gasteiger partial charge in [-0.15, -0.1) is 34.8 Å². The van der Waals surface area contributed by atoms with Crippen LogP contribution in [-0.4, -0.2) is 59.8 Å². The lowest BCUT2D eigenvalue weighted by Gasteiger charge is -2.16. The molecule has 64 heavy (non-hydrogen) atoms. The lowest BCUT2D eigenvalue weighted by atomic mass is 10.1. The Bertz CT molecular complexity index is 2610. The highest BCUT2D eigenvalue weighted by atomic mass is 35.5. The van der Waals surface area contributed by atoms with E-state index in [4.69, 9.17) is 62.7 Å². The zero-order chi connectivity index (χ0) is 46.3. The Labute approximate surface area is 391 Å². The molecular formula is C44H37Cl5N8O7. The number of nitrogens with zero attached hydrogens (tertiary/aromatic N) is 4. The van der Waals surface area contributed by atoms with Gasteiger partial charge >= 0.3 is 0 Å². The van der Waals surface area contributed by atoms with Gasteiger partial charge in [-0.25, -0.2) is 0 Å². The fraction of sp³-hybridized carbons (Fsp3) is 0.182. The standard InChI is InChI=1S/C44H37Cl5N8O7/c1-24(58)39(56-54-36-19-28(7-14-33(36)48)41(60)50-30-9-3-26(22-46)4-10-30)43(62)52-32-13-16-35(38(21-32)64-18-17-45)53-44(63)40(25(2)59)57-55-37-20-29(8-15-34(37)49)42(61)51-31-11-5-27(23-47)6-12-31/h3-16,19-21,39-40H,17-18,22-23H2,1-2H3,(H,50,60)(H,51,61)(H,52,62)(H,53,63). The molecule has 5 aromatic carbocycles. The van der Waals surface area contributed by atoms with Crippen molar-refractivity contribution in [3.63, 3.8) is 0 Å². The molecule has 0 aliphatic carbocycles. The van der Waals surface area contributed by atoms with Gasteiger partial charge < -0.3 is 26.0 Å². The second kappa shape index (κ2) is 23.5. The van der Waals surface area contributed by atoms with Gasteiger partial charge in [-0.2, -0.15) is 20.5 Å². The van der Waals surface area contributed by atoms with Crippen LogP contribution in [0.5, 0.6) is 5.75 Å². The van der Waals surface area contributed by atoms with Gasteiger partial charge in [0.1, 0.15) is 23.7 Å². The van der Waals surface area contributed by atoms with E-state index in [1.165, 1.54) is 54.6 Å². The van der Waals surface area contributed by atoms with E-state index in [0.29, 0.717) is 23.1 Å². The van der Waals surface area contributed by atoms with Crippen molar-refractivity contribution in [3.8, 4) is 5.75 Å². The molecule has 0 heterocycles. The summed E-state index contributed by atoms with van der Waals surface area (Å²) in [5, 5.41) is 26.8. The molecular weight excluding hydrogens is 930 g/mol. The number of carbonyl (C=O) groups excluding carboxylic acids is 6. The molecule has 0 spiro atoms. The number of amides is 4. The van der Waals surface area contributed by atoms with Crippen molar-refractivity contribution < 1.29 is 33.5 Å². The second-order valence-corrected chi connectivity index (χ2v) is 15.3. The van der Waals surface area contributed by atoms with Crippen molar-refractivity contribution in [3.05, 3.63) is 135 Å². The zero-order valence-electron chi connectivity index (χ0n) is 33.8. The van der Waals surface area contributed by atoms with Crippen molar-refractivity contribution in [2.75, 3.05) is 33.8 Å². The highest BCUT2D eigenvalue weighted by Crippen LogP contribution is 2.31. The number of Topliss-reactive ketones (excluding diaryl/α,β-unsaturated/α-hetero) is 2. The Kier molecular flexibility index (Phi) is 17.9. The van der Waals surface area contributed by atoms with E-state index in [1.54, 1.807) is 48.5 Å². The minimum Gasteiger partial charge on any atom is -0.490 e. The average Bonchev–Trinajstić information content (AvgIpc) is 3.27. The second-order valence-electron chi connectivity index (χ2n) is 13.6. The zero-order valence-corrected chi connectivity index (χ0v) is 37.6. The van der Waals surface area contributed by atoms with Crippen LogP contribution in [0.1, 0.15) is 45.7 Å². The summed E-state index contributed by atoms with van der Waals surface area (Å²) >= 11 is 30.2. The summed E-state index contributed by atoms with van der Waals surface area (Å²) in [6.45, 7) is 2.26.